The summed E-state index contributed by atoms with van der Waals surface area (Å²) in [6.07, 6.45) is 0. The average Bonchev–Trinajstić information content (AvgIpc) is 2.65. The predicted octanol–water partition coefficient (Wildman–Crippen LogP) is 5.30. The second kappa shape index (κ2) is 8.04. The monoisotopic (exact) mass is 383 g/mol. The average molecular weight is 384 g/mol. The van der Waals surface area contributed by atoms with Crippen LogP contribution in [-0.4, -0.2) is 11.8 Å². The summed E-state index contributed by atoms with van der Waals surface area (Å²) >= 11 is 11.7. The van der Waals surface area contributed by atoms with Crippen LogP contribution in [0.15, 0.2) is 66.7 Å². The van der Waals surface area contributed by atoms with Crippen molar-refractivity contribution in [2.45, 2.75) is 0 Å². The fraction of sp³-hybridized carbons (Fsp3) is 0. The van der Waals surface area contributed by atoms with Crippen molar-refractivity contribution in [3.05, 3.63) is 94.0 Å². The van der Waals surface area contributed by atoms with Crippen molar-refractivity contribution in [2.75, 3.05) is 10.6 Å². The summed E-state index contributed by atoms with van der Waals surface area (Å²) < 4.78 is 0. The predicted molar refractivity (Wildman–Crippen MR) is 104 cm³/mol. The molecule has 0 fully saturated rings. The minimum absolute atomic E-state index is 0.323. The van der Waals surface area contributed by atoms with Gasteiger partial charge in [0.05, 0.1) is 0 Å². The smallest absolute Gasteiger partial charge is 0.255 e. The lowest BCUT2D eigenvalue weighted by molar-refractivity contribution is 0.102. The summed E-state index contributed by atoms with van der Waals surface area (Å²) in [6, 6.07) is 20.9. The van der Waals surface area contributed by atoms with Crippen LogP contribution >= 0.6 is 23.2 Å². The van der Waals surface area contributed by atoms with Crippen LogP contribution in [0.2, 0.25) is 10.0 Å². The molecule has 0 atom stereocenters. The molecule has 1 radical (unpaired) electrons. The van der Waals surface area contributed by atoms with Gasteiger partial charge in [-0.05, 0) is 72.8 Å². The third-order valence-electron chi connectivity index (χ3n) is 3.52. The highest BCUT2D eigenvalue weighted by Crippen LogP contribution is 2.17. The molecule has 0 aliphatic heterocycles. The zero-order valence-corrected chi connectivity index (χ0v) is 14.9. The van der Waals surface area contributed by atoms with E-state index in [0.717, 1.165) is 0 Å². The van der Waals surface area contributed by atoms with Crippen molar-refractivity contribution in [3.63, 3.8) is 0 Å². The van der Waals surface area contributed by atoms with Crippen LogP contribution in [0, 0.1) is 6.07 Å². The molecule has 3 aromatic carbocycles. The van der Waals surface area contributed by atoms with E-state index in [1.54, 1.807) is 48.5 Å². The molecule has 2 N–H and O–H groups in total. The normalized spacial score (nSPS) is 10.2. The molecule has 0 aliphatic carbocycles. The minimum Gasteiger partial charge on any atom is -0.322 e. The van der Waals surface area contributed by atoms with Crippen LogP contribution in [0.3, 0.4) is 0 Å². The molecule has 0 aliphatic rings. The molecule has 0 saturated carbocycles. The number of hydrogen-bond donors (Lipinski definition) is 2. The number of benzene rings is 3. The fourth-order valence-electron chi connectivity index (χ4n) is 2.21. The van der Waals surface area contributed by atoms with E-state index in [1.165, 1.54) is 18.2 Å². The SMILES string of the molecule is O=C(Nc1ccc(Cl)cc1)c1c[c]cc(C(=O)Nc2ccc(Cl)cc2)c1. The fourth-order valence-corrected chi connectivity index (χ4v) is 2.46. The Morgan fingerprint density at radius 3 is 1.46 bits per heavy atom. The summed E-state index contributed by atoms with van der Waals surface area (Å²) in [7, 11) is 0. The number of halogens is 2. The maximum Gasteiger partial charge on any atom is 0.255 e. The number of hydrogen-bond acceptors (Lipinski definition) is 2. The standard InChI is InChI=1S/C20H13Cl2N2O2/c21-15-4-8-17(9-5-15)23-19(25)13-2-1-3-14(12-13)20(26)24-18-10-6-16(22)7-11-18/h2-12H,(H,23,25)(H,24,26). The quantitative estimate of drug-likeness (QED) is 0.642. The molecule has 26 heavy (non-hydrogen) atoms. The van der Waals surface area contributed by atoms with E-state index < -0.39 is 0 Å². The molecule has 4 nitrogen and oxygen atoms in total. The highest BCUT2D eigenvalue weighted by Gasteiger charge is 2.11. The Balaban J connectivity index is 1.72. The molecule has 0 spiro atoms. The van der Waals surface area contributed by atoms with Gasteiger partial charge in [-0.3, -0.25) is 9.59 Å². The van der Waals surface area contributed by atoms with Crippen LogP contribution in [0.4, 0.5) is 11.4 Å². The first-order valence-electron chi connectivity index (χ1n) is 7.66. The Kier molecular flexibility index (Phi) is 5.56. The number of carbonyl (C=O) groups excluding carboxylic acids is 2. The summed E-state index contributed by atoms with van der Waals surface area (Å²) in [4.78, 5) is 24.7. The van der Waals surface area contributed by atoms with Gasteiger partial charge in [-0.15, -0.1) is 0 Å². The summed E-state index contributed by atoms with van der Waals surface area (Å²) in [5, 5.41) is 6.65. The van der Waals surface area contributed by atoms with E-state index in [2.05, 4.69) is 16.7 Å². The van der Waals surface area contributed by atoms with Crippen LogP contribution in [0.5, 0.6) is 0 Å². The summed E-state index contributed by atoms with van der Waals surface area (Å²) in [5.74, 6) is -0.686. The molecule has 0 aromatic heterocycles. The van der Waals surface area contributed by atoms with Gasteiger partial charge in [0.1, 0.15) is 0 Å². The van der Waals surface area contributed by atoms with E-state index in [4.69, 9.17) is 23.2 Å². The maximum atomic E-state index is 12.4. The molecule has 129 valence electrons. The van der Waals surface area contributed by atoms with Gasteiger partial charge in [0.2, 0.25) is 0 Å². The van der Waals surface area contributed by atoms with E-state index in [1.807, 2.05) is 0 Å². The van der Waals surface area contributed by atoms with E-state index >= 15 is 0 Å². The molecule has 3 rings (SSSR count). The van der Waals surface area contributed by atoms with Crippen molar-refractivity contribution in [1.29, 1.82) is 0 Å². The molecular formula is C20H13Cl2N2O2. The van der Waals surface area contributed by atoms with Gasteiger partial charge in [-0.25, -0.2) is 0 Å². The van der Waals surface area contributed by atoms with Gasteiger partial charge < -0.3 is 10.6 Å². The second-order valence-electron chi connectivity index (χ2n) is 5.43. The maximum absolute atomic E-state index is 12.4. The van der Waals surface area contributed by atoms with Gasteiger partial charge in [0, 0.05) is 32.5 Å². The molecule has 0 heterocycles. The first-order chi connectivity index (χ1) is 12.5. The Bertz CT molecular complexity index is 864. The Morgan fingerprint density at radius 1 is 0.692 bits per heavy atom. The zero-order chi connectivity index (χ0) is 18.5. The highest BCUT2D eigenvalue weighted by molar-refractivity contribution is 6.31. The minimum atomic E-state index is -0.343. The van der Waals surface area contributed by atoms with Crippen molar-refractivity contribution in [3.8, 4) is 0 Å². The lowest BCUT2D eigenvalue weighted by atomic mass is 10.1. The zero-order valence-electron chi connectivity index (χ0n) is 13.4. The van der Waals surface area contributed by atoms with Crippen molar-refractivity contribution < 1.29 is 9.59 Å². The molecule has 0 unspecified atom stereocenters. The largest absolute Gasteiger partial charge is 0.322 e. The Hall–Kier alpha value is -2.82. The van der Waals surface area contributed by atoms with Gasteiger partial charge in [-0.1, -0.05) is 23.2 Å². The number of rotatable bonds is 4. The molecular weight excluding hydrogens is 371 g/mol. The van der Waals surface area contributed by atoms with Gasteiger partial charge in [0.25, 0.3) is 11.8 Å². The number of anilines is 2. The molecule has 2 amide bonds. The number of carbonyl (C=O) groups is 2. The second-order valence-corrected chi connectivity index (χ2v) is 6.31. The van der Waals surface area contributed by atoms with Gasteiger partial charge in [0.15, 0.2) is 0 Å². The first-order valence-corrected chi connectivity index (χ1v) is 8.42. The van der Waals surface area contributed by atoms with Crippen LogP contribution < -0.4 is 10.6 Å². The summed E-state index contributed by atoms with van der Waals surface area (Å²) in [5.41, 5.74) is 1.86. The number of nitrogens with one attached hydrogen (secondary N) is 2. The first kappa shape index (κ1) is 18.0. The van der Waals surface area contributed by atoms with Crippen molar-refractivity contribution in [1.82, 2.24) is 0 Å². The third kappa shape index (κ3) is 4.63. The van der Waals surface area contributed by atoms with Gasteiger partial charge in [-0.2, -0.15) is 0 Å². The third-order valence-corrected chi connectivity index (χ3v) is 4.02. The van der Waals surface area contributed by atoms with Crippen LogP contribution in [0.25, 0.3) is 0 Å². The molecule has 0 saturated heterocycles. The molecule has 0 bridgehead atoms. The van der Waals surface area contributed by atoms with E-state index in [9.17, 15) is 9.59 Å². The van der Waals surface area contributed by atoms with Crippen molar-refractivity contribution in [2.24, 2.45) is 0 Å². The lowest BCUT2D eigenvalue weighted by Gasteiger charge is -2.08. The van der Waals surface area contributed by atoms with Gasteiger partial charge >= 0.3 is 0 Å². The highest BCUT2D eigenvalue weighted by atomic mass is 35.5. The lowest BCUT2D eigenvalue weighted by Crippen LogP contribution is -2.15. The summed E-state index contributed by atoms with van der Waals surface area (Å²) in [6.45, 7) is 0. The van der Waals surface area contributed by atoms with E-state index in [0.29, 0.717) is 32.5 Å². The Labute approximate surface area is 160 Å². The van der Waals surface area contributed by atoms with Crippen molar-refractivity contribution >= 4 is 46.4 Å². The number of amides is 2. The van der Waals surface area contributed by atoms with Crippen LogP contribution in [-0.2, 0) is 0 Å². The Morgan fingerprint density at radius 2 is 1.08 bits per heavy atom. The van der Waals surface area contributed by atoms with Crippen LogP contribution in [0.1, 0.15) is 20.7 Å². The molecule has 6 heteroatoms. The van der Waals surface area contributed by atoms with E-state index in [-0.39, 0.29) is 11.8 Å². The topological polar surface area (TPSA) is 58.2 Å². The molecule has 3 aromatic rings.